The van der Waals surface area contributed by atoms with Crippen LogP contribution in [0.2, 0.25) is 0 Å². The molecule has 0 unspecified atom stereocenters. The van der Waals surface area contributed by atoms with Crippen LogP contribution in [0.3, 0.4) is 0 Å². The summed E-state index contributed by atoms with van der Waals surface area (Å²) in [5.41, 5.74) is 1.95. The van der Waals surface area contributed by atoms with Crippen molar-refractivity contribution < 1.29 is 27.5 Å². The monoisotopic (exact) mass is 554 g/mol. The number of anilines is 3. The Bertz CT molecular complexity index is 1290. The van der Waals surface area contributed by atoms with Gasteiger partial charge in [0.2, 0.25) is 0 Å². The number of carbonyl (C=O) groups excluding carboxylic acids is 2. The first-order chi connectivity index (χ1) is 19.2. The van der Waals surface area contributed by atoms with E-state index in [0.717, 1.165) is 50.2 Å². The number of benzene rings is 3. The summed E-state index contributed by atoms with van der Waals surface area (Å²) in [6.45, 7) is 2.25. The van der Waals surface area contributed by atoms with Crippen molar-refractivity contribution in [3.05, 3.63) is 89.5 Å². The van der Waals surface area contributed by atoms with E-state index in [1.807, 2.05) is 6.07 Å². The molecular formula is C30H33F3N4O3. The second kappa shape index (κ2) is 13.3. The van der Waals surface area contributed by atoms with E-state index in [2.05, 4.69) is 45.1 Å². The normalized spacial score (nSPS) is 14.1. The number of nitrogens with one attached hydrogen (secondary N) is 3. The van der Waals surface area contributed by atoms with Crippen molar-refractivity contribution in [3.63, 3.8) is 0 Å². The van der Waals surface area contributed by atoms with Crippen LogP contribution in [0, 0.1) is 5.92 Å². The molecule has 0 aliphatic carbocycles. The van der Waals surface area contributed by atoms with Crippen molar-refractivity contribution in [1.82, 2.24) is 5.32 Å². The van der Waals surface area contributed by atoms with Crippen molar-refractivity contribution in [2.45, 2.75) is 25.4 Å². The van der Waals surface area contributed by atoms with Gasteiger partial charge in [-0.05, 0) is 67.1 Å². The van der Waals surface area contributed by atoms with Crippen LogP contribution in [0.4, 0.5) is 35.0 Å². The van der Waals surface area contributed by atoms with Crippen molar-refractivity contribution in [2.75, 3.05) is 48.9 Å². The molecule has 212 valence electrons. The maximum Gasteiger partial charge on any atom is 0.416 e. The summed E-state index contributed by atoms with van der Waals surface area (Å²) in [7, 11) is 1.55. The van der Waals surface area contributed by atoms with Crippen LogP contribution in [0.1, 0.15) is 34.3 Å². The van der Waals surface area contributed by atoms with Gasteiger partial charge in [-0.3, -0.25) is 4.79 Å². The zero-order valence-corrected chi connectivity index (χ0v) is 22.3. The molecule has 0 saturated carbocycles. The lowest BCUT2D eigenvalue weighted by Gasteiger charge is -2.35. The van der Waals surface area contributed by atoms with E-state index in [0.29, 0.717) is 30.3 Å². The van der Waals surface area contributed by atoms with Crippen LogP contribution < -0.4 is 20.9 Å². The van der Waals surface area contributed by atoms with E-state index in [-0.39, 0.29) is 11.6 Å². The maximum atomic E-state index is 13.1. The largest absolute Gasteiger partial charge is 0.416 e. The molecule has 0 spiro atoms. The zero-order valence-electron chi connectivity index (χ0n) is 22.3. The molecule has 40 heavy (non-hydrogen) atoms. The minimum absolute atomic E-state index is 0.000138. The summed E-state index contributed by atoms with van der Waals surface area (Å²) < 4.78 is 44.1. The fraction of sp³-hybridized carbons (Fsp3) is 0.333. The molecule has 1 aliphatic rings. The summed E-state index contributed by atoms with van der Waals surface area (Å²) in [6, 6.07) is 19.1. The van der Waals surface area contributed by atoms with Crippen LogP contribution >= 0.6 is 0 Å². The Kier molecular flexibility index (Phi) is 9.65. The molecule has 7 nitrogen and oxygen atoms in total. The summed E-state index contributed by atoms with van der Waals surface area (Å²) in [5, 5.41) is 7.88. The Hall–Kier alpha value is -4.05. The molecule has 1 aliphatic heterocycles. The summed E-state index contributed by atoms with van der Waals surface area (Å²) in [5.74, 6) is 0.249. The Morgan fingerprint density at radius 1 is 0.925 bits per heavy atom. The van der Waals surface area contributed by atoms with Crippen molar-refractivity contribution in [1.29, 1.82) is 0 Å². The van der Waals surface area contributed by atoms with Gasteiger partial charge in [-0.25, -0.2) is 4.79 Å². The molecule has 1 heterocycles. The summed E-state index contributed by atoms with van der Waals surface area (Å²) >= 11 is 0. The van der Waals surface area contributed by atoms with Gasteiger partial charge in [-0.15, -0.1) is 0 Å². The molecule has 1 fully saturated rings. The molecule has 0 radical (unpaired) electrons. The highest BCUT2D eigenvalue weighted by molar-refractivity contribution is 6.04. The van der Waals surface area contributed by atoms with Crippen LogP contribution in [-0.2, 0) is 17.3 Å². The highest BCUT2D eigenvalue weighted by Crippen LogP contribution is 2.32. The average Bonchev–Trinajstić information content (AvgIpc) is 2.94. The number of nitrogens with zero attached hydrogens (tertiary/aromatic N) is 1. The van der Waals surface area contributed by atoms with E-state index >= 15 is 0 Å². The van der Waals surface area contributed by atoms with E-state index < -0.39 is 17.8 Å². The molecule has 1 saturated heterocycles. The van der Waals surface area contributed by atoms with Crippen LogP contribution in [0.15, 0.2) is 72.8 Å². The molecule has 3 aromatic rings. The number of halogens is 3. The first kappa shape index (κ1) is 28.9. The second-order valence-electron chi connectivity index (χ2n) is 9.76. The molecule has 3 N–H and O–H groups in total. The molecule has 0 aromatic heterocycles. The van der Waals surface area contributed by atoms with Gasteiger partial charge >= 0.3 is 12.2 Å². The maximum absolute atomic E-state index is 13.1. The lowest BCUT2D eigenvalue weighted by Crippen LogP contribution is -2.36. The van der Waals surface area contributed by atoms with Gasteiger partial charge in [0.1, 0.15) is 0 Å². The van der Waals surface area contributed by atoms with Gasteiger partial charge in [0.05, 0.1) is 17.7 Å². The predicted octanol–water partition coefficient (Wildman–Crippen LogP) is 6.18. The average molecular weight is 555 g/mol. The van der Waals surface area contributed by atoms with Crippen molar-refractivity contribution >= 4 is 29.0 Å². The quantitative estimate of drug-likeness (QED) is 0.276. The summed E-state index contributed by atoms with van der Waals surface area (Å²) in [4.78, 5) is 27.9. The fourth-order valence-corrected chi connectivity index (χ4v) is 4.83. The molecule has 0 bridgehead atoms. The van der Waals surface area contributed by atoms with Gasteiger partial charge in [0.25, 0.3) is 5.91 Å². The molecule has 4 rings (SSSR count). The Morgan fingerprint density at radius 2 is 1.62 bits per heavy atom. The molecule has 3 amide bonds. The van der Waals surface area contributed by atoms with E-state index in [9.17, 15) is 22.8 Å². The zero-order chi connectivity index (χ0) is 28.5. The number of urea groups is 1. The van der Waals surface area contributed by atoms with Gasteiger partial charge < -0.3 is 25.6 Å². The molecule has 10 heteroatoms. The first-order valence-corrected chi connectivity index (χ1v) is 13.2. The van der Waals surface area contributed by atoms with Gasteiger partial charge in [0.15, 0.2) is 0 Å². The standard InChI is InChI=1S/C30H33F3N4O3/c1-40-17-14-34-28(38)26-20-25(36-29(39)35-24-9-5-8-23(19-24)30(31,32)33)10-11-27(26)37-15-12-22(13-16-37)18-21-6-3-2-4-7-21/h2-11,19-20,22H,12-18H2,1H3,(H,34,38)(H2,35,36,39). The molecular weight excluding hydrogens is 521 g/mol. The SMILES string of the molecule is COCCNC(=O)c1cc(NC(=O)Nc2cccc(C(F)(F)F)c2)ccc1N1CCC(Cc2ccccc2)CC1. The number of hydrogen-bond acceptors (Lipinski definition) is 4. The number of ether oxygens (including phenoxy) is 1. The Morgan fingerprint density at radius 3 is 2.30 bits per heavy atom. The van der Waals surface area contributed by atoms with Gasteiger partial charge in [0, 0.05) is 43.8 Å². The number of methoxy groups -OCH3 is 1. The van der Waals surface area contributed by atoms with Gasteiger partial charge in [-0.1, -0.05) is 36.4 Å². The third-order valence-corrected chi connectivity index (χ3v) is 6.86. The lowest BCUT2D eigenvalue weighted by atomic mass is 9.89. The number of hydrogen-bond donors (Lipinski definition) is 3. The molecule has 0 atom stereocenters. The van der Waals surface area contributed by atoms with Crippen LogP contribution in [-0.4, -0.2) is 45.3 Å². The number of piperidine rings is 1. The number of alkyl halides is 3. The molecule has 3 aromatic carbocycles. The van der Waals surface area contributed by atoms with Crippen molar-refractivity contribution in [2.24, 2.45) is 5.92 Å². The number of rotatable bonds is 9. The predicted molar refractivity (Wildman–Crippen MR) is 150 cm³/mol. The van der Waals surface area contributed by atoms with Crippen LogP contribution in [0.5, 0.6) is 0 Å². The van der Waals surface area contributed by atoms with E-state index in [1.165, 1.54) is 17.7 Å². The van der Waals surface area contributed by atoms with Crippen LogP contribution in [0.25, 0.3) is 0 Å². The topological polar surface area (TPSA) is 82.7 Å². The van der Waals surface area contributed by atoms with Gasteiger partial charge in [-0.2, -0.15) is 13.2 Å². The first-order valence-electron chi connectivity index (χ1n) is 13.2. The summed E-state index contributed by atoms with van der Waals surface area (Å²) in [6.07, 6.45) is -1.54. The Labute approximate surface area is 231 Å². The van der Waals surface area contributed by atoms with Crippen molar-refractivity contribution in [3.8, 4) is 0 Å². The highest BCUT2D eigenvalue weighted by atomic mass is 19.4. The number of carbonyl (C=O) groups is 2. The Balaban J connectivity index is 1.46. The third kappa shape index (κ3) is 7.98. The van der Waals surface area contributed by atoms with E-state index in [4.69, 9.17) is 4.74 Å². The lowest BCUT2D eigenvalue weighted by molar-refractivity contribution is -0.137. The minimum Gasteiger partial charge on any atom is -0.383 e. The minimum atomic E-state index is -4.52. The highest BCUT2D eigenvalue weighted by Gasteiger charge is 2.30. The van der Waals surface area contributed by atoms with E-state index in [1.54, 1.807) is 25.3 Å². The second-order valence-corrected chi connectivity index (χ2v) is 9.76. The smallest absolute Gasteiger partial charge is 0.383 e. The number of amides is 3. The fourth-order valence-electron chi connectivity index (χ4n) is 4.83. The third-order valence-electron chi connectivity index (χ3n) is 6.86.